The summed E-state index contributed by atoms with van der Waals surface area (Å²) < 4.78 is 28.9. The molecule has 0 saturated carbocycles. The molecular formula is C19H25N3O3S. The minimum Gasteiger partial charge on any atom is -0.361 e. The minimum absolute atomic E-state index is 0.0489. The van der Waals surface area contributed by atoms with Crippen LogP contribution in [0.15, 0.2) is 23.1 Å². The normalized spacial score (nSPS) is 14.7. The quantitative estimate of drug-likeness (QED) is 0.860. The molecule has 2 heterocycles. The Morgan fingerprint density at radius 1 is 1.08 bits per heavy atom. The van der Waals surface area contributed by atoms with Crippen molar-refractivity contribution < 1.29 is 13.2 Å². The predicted molar refractivity (Wildman–Crippen MR) is 102 cm³/mol. The van der Waals surface area contributed by atoms with Crippen molar-refractivity contribution in [1.82, 2.24) is 9.88 Å². The number of aromatic nitrogens is 1. The van der Waals surface area contributed by atoms with Gasteiger partial charge in [0.15, 0.2) is 0 Å². The van der Waals surface area contributed by atoms with Crippen LogP contribution in [-0.4, -0.2) is 37.3 Å². The molecule has 1 aliphatic rings. The number of H-pyrrole nitrogens is 1. The monoisotopic (exact) mass is 375 g/mol. The third-order valence-electron chi connectivity index (χ3n) is 5.04. The van der Waals surface area contributed by atoms with Gasteiger partial charge in [-0.15, -0.1) is 0 Å². The topological polar surface area (TPSA) is 82.3 Å². The number of benzene rings is 1. The summed E-state index contributed by atoms with van der Waals surface area (Å²) in [6, 6.07) is 5.48. The molecule has 3 rings (SSSR count). The van der Waals surface area contributed by atoms with Crippen LogP contribution in [0.3, 0.4) is 0 Å². The number of hydrogen-bond acceptors (Lipinski definition) is 3. The van der Waals surface area contributed by atoms with Crippen LogP contribution >= 0.6 is 0 Å². The summed E-state index contributed by atoms with van der Waals surface area (Å²) in [5.74, 6) is -0.217. The number of aromatic amines is 1. The molecule has 0 unspecified atom stereocenters. The van der Waals surface area contributed by atoms with Gasteiger partial charge in [-0.1, -0.05) is 12.1 Å². The van der Waals surface area contributed by atoms with Crippen molar-refractivity contribution in [3.05, 3.63) is 46.3 Å². The van der Waals surface area contributed by atoms with Gasteiger partial charge in [0.05, 0.1) is 11.3 Å². The number of hydrogen-bond donors (Lipinski definition) is 2. The molecule has 0 bridgehead atoms. The van der Waals surface area contributed by atoms with E-state index in [0.29, 0.717) is 30.2 Å². The third-order valence-corrected chi connectivity index (χ3v) is 6.58. The van der Waals surface area contributed by atoms with Gasteiger partial charge in [0, 0.05) is 24.5 Å². The summed E-state index contributed by atoms with van der Waals surface area (Å²) in [6.07, 6.45) is 1.91. The van der Waals surface area contributed by atoms with Gasteiger partial charge in [-0.05, 0) is 57.7 Å². The SMILES string of the molecule is Cc1cccc(NS(=O)(=O)c2c(C)[nH]c(C)c2C(=O)N2CCCC2)c1C. The molecule has 0 spiro atoms. The fourth-order valence-corrected chi connectivity index (χ4v) is 5.06. The lowest BCUT2D eigenvalue weighted by Gasteiger charge is -2.17. The lowest BCUT2D eigenvalue weighted by Crippen LogP contribution is -2.30. The van der Waals surface area contributed by atoms with Crippen molar-refractivity contribution in [3.63, 3.8) is 0 Å². The summed E-state index contributed by atoms with van der Waals surface area (Å²) in [7, 11) is -3.90. The molecule has 140 valence electrons. The van der Waals surface area contributed by atoms with Gasteiger partial charge in [-0.25, -0.2) is 8.42 Å². The molecule has 0 atom stereocenters. The molecule has 1 aliphatic heterocycles. The third kappa shape index (κ3) is 3.23. The van der Waals surface area contributed by atoms with Crippen molar-refractivity contribution in [1.29, 1.82) is 0 Å². The summed E-state index contributed by atoms with van der Waals surface area (Å²) >= 11 is 0. The molecule has 1 fully saturated rings. The van der Waals surface area contributed by atoms with Crippen LogP contribution in [0.1, 0.15) is 45.7 Å². The van der Waals surface area contributed by atoms with E-state index in [2.05, 4.69) is 9.71 Å². The van der Waals surface area contributed by atoms with Crippen LogP contribution in [0.2, 0.25) is 0 Å². The van der Waals surface area contributed by atoms with Crippen molar-refractivity contribution >= 4 is 21.6 Å². The van der Waals surface area contributed by atoms with Crippen molar-refractivity contribution in [2.75, 3.05) is 17.8 Å². The maximum absolute atomic E-state index is 13.1. The van der Waals surface area contributed by atoms with Crippen molar-refractivity contribution in [3.8, 4) is 0 Å². The van der Waals surface area contributed by atoms with Crippen LogP contribution in [0.5, 0.6) is 0 Å². The van der Waals surface area contributed by atoms with Crippen molar-refractivity contribution in [2.24, 2.45) is 0 Å². The molecule has 6 nitrogen and oxygen atoms in total. The zero-order chi connectivity index (χ0) is 19.1. The Balaban J connectivity index is 2.05. The molecule has 0 aliphatic carbocycles. The minimum atomic E-state index is -3.90. The molecule has 2 aromatic rings. The summed E-state index contributed by atoms with van der Waals surface area (Å²) in [6.45, 7) is 8.58. The van der Waals surface area contributed by atoms with Gasteiger partial charge in [0.25, 0.3) is 15.9 Å². The smallest absolute Gasteiger partial charge is 0.264 e. The first-order chi connectivity index (χ1) is 12.2. The molecule has 2 N–H and O–H groups in total. The van der Waals surface area contributed by atoms with Gasteiger partial charge in [-0.2, -0.15) is 0 Å². The fraction of sp³-hybridized carbons (Fsp3) is 0.421. The van der Waals surface area contributed by atoms with Crippen molar-refractivity contribution in [2.45, 2.75) is 45.4 Å². The Hall–Kier alpha value is -2.28. The first kappa shape index (κ1) is 18.5. The van der Waals surface area contributed by atoms with E-state index >= 15 is 0 Å². The van der Waals surface area contributed by atoms with Crippen LogP contribution < -0.4 is 4.72 Å². The van der Waals surface area contributed by atoms with Gasteiger partial charge in [0.2, 0.25) is 0 Å². The Kier molecular flexibility index (Phi) is 4.84. The summed E-state index contributed by atoms with van der Waals surface area (Å²) in [5, 5.41) is 0. The van der Waals surface area contributed by atoms with Gasteiger partial charge in [-0.3, -0.25) is 9.52 Å². The average Bonchev–Trinajstić information content (AvgIpc) is 3.19. The Morgan fingerprint density at radius 3 is 2.38 bits per heavy atom. The van der Waals surface area contributed by atoms with Crippen LogP contribution in [-0.2, 0) is 10.0 Å². The summed E-state index contributed by atoms with van der Waals surface area (Å²) in [4.78, 5) is 17.7. The number of nitrogens with one attached hydrogen (secondary N) is 2. The van der Waals surface area contributed by atoms with E-state index < -0.39 is 10.0 Å². The zero-order valence-corrected chi connectivity index (χ0v) is 16.5. The second-order valence-corrected chi connectivity index (χ2v) is 8.55. The number of aryl methyl sites for hydroxylation is 3. The van der Waals surface area contributed by atoms with E-state index in [9.17, 15) is 13.2 Å². The zero-order valence-electron chi connectivity index (χ0n) is 15.6. The Labute approximate surface area is 154 Å². The molecule has 1 aromatic carbocycles. The number of sulfonamides is 1. The van der Waals surface area contributed by atoms with E-state index in [4.69, 9.17) is 0 Å². The highest BCUT2D eigenvalue weighted by Gasteiger charge is 2.32. The van der Waals surface area contributed by atoms with E-state index in [1.807, 2.05) is 26.0 Å². The highest BCUT2D eigenvalue weighted by molar-refractivity contribution is 7.92. The maximum Gasteiger partial charge on any atom is 0.264 e. The van der Waals surface area contributed by atoms with E-state index in [1.165, 1.54) is 0 Å². The number of carbonyl (C=O) groups is 1. The first-order valence-electron chi connectivity index (χ1n) is 8.80. The largest absolute Gasteiger partial charge is 0.361 e. The Morgan fingerprint density at radius 2 is 1.73 bits per heavy atom. The standard InChI is InChI=1S/C19H25N3O3S/c1-12-8-7-9-16(13(12)2)21-26(24,25)18-15(4)20-14(3)17(18)19(23)22-10-5-6-11-22/h7-9,20-21H,5-6,10-11H2,1-4H3. The van der Waals surface area contributed by atoms with Crippen LogP contribution in [0.25, 0.3) is 0 Å². The highest BCUT2D eigenvalue weighted by atomic mass is 32.2. The van der Waals surface area contributed by atoms with Gasteiger partial charge < -0.3 is 9.88 Å². The molecular weight excluding hydrogens is 350 g/mol. The van der Waals surface area contributed by atoms with Crippen LogP contribution in [0, 0.1) is 27.7 Å². The lowest BCUT2D eigenvalue weighted by molar-refractivity contribution is 0.0788. The molecule has 1 aromatic heterocycles. The van der Waals surface area contributed by atoms with Gasteiger partial charge >= 0.3 is 0 Å². The number of anilines is 1. The molecule has 26 heavy (non-hydrogen) atoms. The van der Waals surface area contributed by atoms with Crippen LogP contribution in [0.4, 0.5) is 5.69 Å². The second kappa shape index (κ2) is 6.79. The molecule has 1 amide bonds. The first-order valence-corrected chi connectivity index (χ1v) is 10.3. The second-order valence-electron chi connectivity index (χ2n) is 6.93. The summed E-state index contributed by atoms with van der Waals surface area (Å²) in [5.41, 5.74) is 3.71. The fourth-order valence-electron chi connectivity index (χ4n) is 3.49. The maximum atomic E-state index is 13.1. The van der Waals surface area contributed by atoms with E-state index in [1.54, 1.807) is 24.8 Å². The average molecular weight is 375 g/mol. The molecule has 1 saturated heterocycles. The Bertz CT molecular complexity index is 955. The number of nitrogens with zero attached hydrogens (tertiary/aromatic N) is 1. The number of carbonyl (C=O) groups excluding carboxylic acids is 1. The molecule has 7 heteroatoms. The van der Waals surface area contributed by atoms with E-state index in [0.717, 1.165) is 24.0 Å². The van der Waals surface area contributed by atoms with E-state index in [-0.39, 0.29) is 16.4 Å². The number of likely N-dealkylation sites (tertiary alicyclic amines) is 1. The lowest BCUT2D eigenvalue weighted by atomic mass is 10.1. The molecule has 0 radical (unpaired) electrons. The van der Waals surface area contributed by atoms with Gasteiger partial charge in [0.1, 0.15) is 4.90 Å². The number of amides is 1. The highest BCUT2D eigenvalue weighted by Crippen LogP contribution is 2.29. The number of rotatable bonds is 4. The predicted octanol–water partition coefficient (Wildman–Crippen LogP) is 3.29.